The molecular formula is C15H24N4O. The number of para-hydroxylation sites is 1. The van der Waals surface area contributed by atoms with E-state index >= 15 is 0 Å². The molecule has 2 rings (SSSR count). The number of guanidine groups is 1. The predicted octanol–water partition coefficient (Wildman–Crippen LogP) is 1.24. The lowest BCUT2D eigenvalue weighted by atomic mass is 10.0. The molecule has 0 amide bonds. The maximum atomic E-state index is 5.47. The molecule has 5 heteroatoms. The maximum absolute atomic E-state index is 5.47. The van der Waals surface area contributed by atoms with E-state index in [4.69, 9.17) is 4.74 Å². The Hall–Kier alpha value is -1.75. The number of nitrogens with one attached hydrogen (secondary N) is 2. The van der Waals surface area contributed by atoms with Gasteiger partial charge in [0.05, 0.1) is 13.2 Å². The average molecular weight is 276 g/mol. The third-order valence-corrected chi connectivity index (χ3v) is 3.48. The lowest BCUT2D eigenvalue weighted by Gasteiger charge is -2.27. The molecule has 1 aliphatic heterocycles. The topological polar surface area (TPSA) is 48.9 Å². The minimum absolute atomic E-state index is 0.234. The number of methoxy groups -OCH3 is 1. The van der Waals surface area contributed by atoms with Gasteiger partial charge in [-0.2, -0.15) is 0 Å². The smallest absolute Gasteiger partial charge is 0.191 e. The number of ether oxygens (including phenoxy) is 1. The molecule has 0 aliphatic carbocycles. The molecular weight excluding hydrogens is 252 g/mol. The van der Waals surface area contributed by atoms with Gasteiger partial charge in [0.2, 0.25) is 0 Å². The molecule has 1 aromatic rings. The Morgan fingerprint density at radius 3 is 2.85 bits per heavy atom. The highest BCUT2D eigenvalue weighted by atomic mass is 16.5. The van der Waals surface area contributed by atoms with E-state index in [1.807, 2.05) is 18.2 Å². The van der Waals surface area contributed by atoms with E-state index in [0.29, 0.717) is 0 Å². The summed E-state index contributed by atoms with van der Waals surface area (Å²) < 4.78 is 5.47. The molecule has 0 bridgehead atoms. The molecule has 1 aromatic carbocycles. The van der Waals surface area contributed by atoms with Crippen molar-refractivity contribution in [1.29, 1.82) is 0 Å². The van der Waals surface area contributed by atoms with E-state index < -0.39 is 0 Å². The quantitative estimate of drug-likeness (QED) is 0.849. The Bertz CT molecular complexity index is 459. The second-order valence-corrected chi connectivity index (χ2v) is 5.11. The minimum atomic E-state index is 0.234. The maximum Gasteiger partial charge on any atom is 0.191 e. The number of rotatable bonds is 5. The summed E-state index contributed by atoms with van der Waals surface area (Å²) in [6.07, 6.45) is 1.11. The molecule has 0 saturated heterocycles. The molecule has 1 aliphatic rings. The summed E-state index contributed by atoms with van der Waals surface area (Å²) in [4.78, 5) is 6.63. The standard InChI is InChI=1S/C15H24N4O/c1-19(2)13(11-18-15-16-9-6-10-17-15)12-7-4-5-8-14(12)20-3/h4-5,7-8,13H,6,9-11H2,1-3H3,(H2,16,17,18). The van der Waals surface area contributed by atoms with Crippen LogP contribution < -0.4 is 15.4 Å². The monoisotopic (exact) mass is 276 g/mol. The second kappa shape index (κ2) is 7.14. The highest BCUT2D eigenvalue weighted by molar-refractivity contribution is 5.80. The molecule has 0 aromatic heterocycles. The van der Waals surface area contributed by atoms with Crippen molar-refractivity contribution in [2.45, 2.75) is 12.5 Å². The van der Waals surface area contributed by atoms with Gasteiger partial charge in [0, 0.05) is 25.2 Å². The van der Waals surface area contributed by atoms with Crippen molar-refractivity contribution in [3.8, 4) is 5.75 Å². The van der Waals surface area contributed by atoms with E-state index in [1.165, 1.54) is 5.56 Å². The Morgan fingerprint density at radius 1 is 1.40 bits per heavy atom. The van der Waals surface area contributed by atoms with Crippen LogP contribution in [0.3, 0.4) is 0 Å². The van der Waals surface area contributed by atoms with Gasteiger partial charge in [-0.3, -0.25) is 4.99 Å². The number of nitrogens with zero attached hydrogens (tertiary/aromatic N) is 2. The van der Waals surface area contributed by atoms with Gasteiger partial charge in [-0.05, 0) is 26.6 Å². The number of likely N-dealkylation sites (N-methyl/N-ethyl adjacent to an activating group) is 1. The van der Waals surface area contributed by atoms with E-state index in [0.717, 1.165) is 37.8 Å². The fraction of sp³-hybridized carbons (Fsp3) is 0.533. The number of hydrogen-bond acceptors (Lipinski definition) is 5. The fourth-order valence-electron chi connectivity index (χ4n) is 2.36. The van der Waals surface area contributed by atoms with Crippen LogP contribution in [0.15, 0.2) is 29.3 Å². The molecule has 0 spiro atoms. The van der Waals surface area contributed by atoms with E-state index in [2.05, 4.69) is 40.7 Å². The van der Waals surface area contributed by atoms with Crippen LogP contribution in [0.1, 0.15) is 18.0 Å². The Morgan fingerprint density at radius 2 is 2.20 bits per heavy atom. The molecule has 110 valence electrons. The molecule has 1 unspecified atom stereocenters. The van der Waals surface area contributed by atoms with Crippen LogP contribution in [-0.2, 0) is 0 Å². The van der Waals surface area contributed by atoms with Crippen LogP contribution in [-0.4, -0.2) is 51.7 Å². The lowest BCUT2D eigenvalue weighted by Crippen LogP contribution is -2.44. The first-order valence-corrected chi connectivity index (χ1v) is 7.04. The summed E-state index contributed by atoms with van der Waals surface area (Å²) in [7, 11) is 5.87. The Labute approximate surface area is 121 Å². The SMILES string of the molecule is COc1ccccc1C(CNC1=NCCCN1)N(C)C. The van der Waals surface area contributed by atoms with Crippen molar-refractivity contribution < 1.29 is 4.74 Å². The van der Waals surface area contributed by atoms with Crippen molar-refractivity contribution in [3.05, 3.63) is 29.8 Å². The first-order valence-electron chi connectivity index (χ1n) is 7.04. The molecule has 20 heavy (non-hydrogen) atoms. The highest BCUT2D eigenvalue weighted by Crippen LogP contribution is 2.27. The van der Waals surface area contributed by atoms with Crippen molar-refractivity contribution in [1.82, 2.24) is 15.5 Å². The number of aliphatic imine (C=N–C) groups is 1. The van der Waals surface area contributed by atoms with E-state index in [1.54, 1.807) is 7.11 Å². The Kier molecular flexibility index (Phi) is 5.24. The summed E-state index contributed by atoms with van der Waals surface area (Å²) in [6.45, 7) is 2.68. The van der Waals surface area contributed by atoms with Gasteiger partial charge in [-0.15, -0.1) is 0 Å². The molecule has 0 radical (unpaired) electrons. The normalized spacial score (nSPS) is 16.3. The van der Waals surface area contributed by atoms with Crippen molar-refractivity contribution in [3.63, 3.8) is 0 Å². The number of hydrogen-bond donors (Lipinski definition) is 2. The van der Waals surface area contributed by atoms with Crippen LogP contribution in [0.25, 0.3) is 0 Å². The minimum Gasteiger partial charge on any atom is -0.496 e. The summed E-state index contributed by atoms with van der Waals surface area (Å²) in [5, 5.41) is 6.68. The molecule has 5 nitrogen and oxygen atoms in total. The van der Waals surface area contributed by atoms with Gasteiger partial charge in [0.15, 0.2) is 5.96 Å². The molecule has 0 fully saturated rings. The highest BCUT2D eigenvalue weighted by Gasteiger charge is 2.18. The second-order valence-electron chi connectivity index (χ2n) is 5.11. The van der Waals surface area contributed by atoms with Gasteiger partial charge < -0.3 is 20.3 Å². The molecule has 1 atom stereocenters. The average Bonchev–Trinajstić information content (AvgIpc) is 2.48. The third kappa shape index (κ3) is 3.63. The fourth-order valence-corrected chi connectivity index (χ4v) is 2.36. The predicted molar refractivity (Wildman–Crippen MR) is 82.3 cm³/mol. The van der Waals surface area contributed by atoms with Gasteiger partial charge >= 0.3 is 0 Å². The zero-order valence-electron chi connectivity index (χ0n) is 12.5. The number of benzene rings is 1. The van der Waals surface area contributed by atoms with Crippen LogP contribution in [0, 0.1) is 0 Å². The molecule has 2 N–H and O–H groups in total. The van der Waals surface area contributed by atoms with Crippen molar-refractivity contribution in [2.24, 2.45) is 4.99 Å². The van der Waals surface area contributed by atoms with Gasteiger partial charge in [0.1, 0.15) is 5.75 Å². The lowest BCUT2D eigenvalue weighted by molar-refractivity contribution is 0.287. The zero-order valence-corrected chi connectivity index (χ0v) is 12.5. The summed E-state index contributed by atoms with van der Waals surface area (Å²) in [5.41, 5.74) is 1.18. The summed E-state index contributed by atoms with van der Waals surface area (Å²) >= 11 is 0. The van der Waals surface area contributed by atoms with Crippen molar-refractivity contribution >= 4 is 5.96 Å². The molecule has 0 saturated carbocycles. The third-order valence-electron chi connectivity index (χ3n) is 3.48. The van der Waals surface area contributed by atoms with Crippen LogP contribution in [0.5, 0.6) is 5.75 Å². The van der Waals surface area contributed by atoms with E-state index in [-0.39, 0.29) is 6.04 Å². The van der Waals surface area contributed by atoms with Gasteiger partial charge in [-0.25, -0.2) is 0 Å². The van der Waals surface area contributed by atoms with Crippen LogP contribution in [0.4, 0.5) is 0 Å². The Balaban J connectivity index is 2.08. The van der Waals surface area contributed by atoms with Crippen LogP contribution in [0.2, 0.25) is 0 Å². The van der Waals surface area contributed by atoms with Gasteiger partial charge in [-0.1, -0.05) is 18.2 Å². The molecule has 1 heterocycles. The van der Waals surface area contributed by atoms with Gasteiger partial charge in [0.25, 0.3) is 0 Å². The zero-order chi connectivity index (χ0) is 14.4. The largest absolute Gasteiger partial charge is 0.496 e. The first kappa shape index (κ1) is 14.7. The first-order chi connectivity index (χ1) is 9.72. The summed E-state index contributed by atoms with van der Waals surface area (Å²) in [6, 6.07) is 8.39. The van der Waals surface area contributed by atoms with E-state index in [9.17, 15) is 0 Å². The van der Waals surface area contributed by atoms with Crippen molar-refractivity contribution in [2.75, 3.05) is 40.8 Å². The van der Waals surface area contributed by atoms with Crippen LogP contribution >= 0.6 is 0 Å². The summed E-state index contributed by atoms with van der Waals surface area (Å²) in [5.74, 6) is 1.82.